The summed E-state index contributed by atoms with van der Waals surface area (Å²) < 4.78 is 13.0. The molecular formula is C18H18FNO3. The van der Waals surface area contributed by atoms with E-state index in [-0.39, 0.29) is 22.8 Å². The third-order valence-corrected chi connectivity index (χ3v) is 3.37. The van der Waals surface area contributed by atoms with Crippen molar-refractivity contribution in [1.29, 1.82) is 0 Å². The number of nitrogens with one attached hydrogen (secondary N) is 1. The SMILES string of the molecule is CC(O)CCNC(=O)c1ccccc1C(=O)c1ccc(F)cc1. The monoisotopic (exact) mass is 315 g/mol. The lowest BCUT2D eigenvalue weighted by molar-refractivity contribution is 0.0934. The maximum absolute atomic E-state index is 13.0. The number of carbonyl (C=O) groups excluding carboxylic acids is 2. The van der Waals surface area contributed by atoms with Crippen LogP contribution in [0.2, 0.25) is 0 Å². The quantitative estimate of drug-likeness (QED) is 0.805. The molecule has 120 valence electrons. The van der Waals surface area contributed by atoms with Crippen molar-refractivity contribution in [2.45, 2.75) is 19.4 Å². The lowest BCUT2D eigenvalue weighted by atomic mass is 9.98. The summed E-state index contributed by atoms with van der Waals surface area (Å²) in [7, 11) is 0. The molecule has 1 amide bonds. The van der Waals surface area contributed by atoms with Gasteiger partial charge in [-0.15, -0.1) is 0 Å². The van der Waals surface area contributed by atoms with Gasteiger partial charge in [-0.25, -0.2) is 4.39 Å². The lowest BCUT2D eigenvalue weighted by Crippen LogP contribution is -2.28. The number of aliphatic hydroxyl groups excluding tert-OH is 1. The van der Waals surface area contributed by atoms with Crippen LogP contribution in [0.1, 0.15) is 39.6 Å². The number of rotatable bonds is 6. The Labute approximate surface area is 134 Å². The van der Waals surface area contributed by atoms with Crippen molar-refractivity contribution >= 4 is 11.7 Å². The number of hydrogen-bond acceptors (Lipinski definition) is 3. The van der Waals surface area contributed by atoms with Gasteiger partial charge in [-0.3, -0.25) is 9.59 Å². The molecule has 0 bridgehead atoms. The molecule has 0 aliphatic carbocycles. The number of amides is 1. The molecule has 5 heteroatoms. The van der Waals surface area contributed by atoms with E-state index in [1.807, 2.05) is 0 Å². The van der Waals surface area contributed by atoms with Crippen LogP contribution < -0.4 is 5.32 Å². The summed E-state index contributed by atoms with van der Waals surface area (Å²) in [4.78, 5) is 24.8. The molecule has 0 spiro atoms. The predicted octanol–water partition coefficient (Wildman–Crippen LogP) is 2.56. The van der Waals surface area contributed by atoms with E-state index in [9.17, 15) is 19.1 Å². The fourth-order valence-electron chi connectivity index (χ4n) is 2.13. The first kappa shape index (κ1) is 16.8. The van der Waals surface area contributed by atoms with Crippen molar-refractivity contribution < 1.29 is 19.1 Å². The minimum Gasteiger partial charge on any atom is -0.393 e. The van der Waals surface area contributed by atoms with Gasteiger partial charge in [0.05, 0.1) is 11.7 Å². The van der Waals surface area contributed by atoms with E-state index in [2.05, 4.69) is 5.32 Å². The average molecular weight is 315 g/mol. The van der Waals surface area contributed by atoms with E-state index in [4.69, 9.17) is 0 Å². The van der Waals surface area contributed by atoms with Crippen LogP contribution in [0.3, 0.4) is 0 Å². The van der Waals surface area contributed by atoms with E-state index in [1.54, 1.807) is 31.2 Å². The van der Waals surface area contributed by atoms with Gasteiger partial charge in [0.25, 0.3) is 5.91 Å². The van der Waals surface area contributed by atoms with Gasteiger partial charge in [0.15, 0.2) is 5.78 Å². The zero-order valence-corrected chi connectivity index (χ0v) is 12.8. The number of carbonyl (C=O) groups is 2. The van der Waals surface area contributed by atoms with Crippen LogP contribution in [-0.4, -0.2) is 29.4 Å². The van der Waals surface area contributed by atoms with Crippen LogP contribution in [0, 0.1) is 5.82 Å². The highest BCUT2D eigenvalue weighted by Crippen LogP contribution is 2.15. The summed E-state index contributed by atoms with van der Waals surface area (Å²) in [6, 6.07) is 11.7. The average Bonchev–Trinajstić information content (AvgIpc) is 2.54. The van der Waals surface area contributed by atoms with Crippen molar-refractivity contribution in [2.24, 2.45) is 0 Å². The lowest BCUT2D eigenvalue weighted by Gasteiger charge is -2.10. The number of ketones is 1. The Bertz CT molecular complexity index is 696. The Balaban J connectivity index is 2.21. The Morgan fingerprint density at radius 3 is 2.30 bits per heavy atom. The van der Waals surface area contributed by atoms with Crippen LogP contribution in [-0.2, 0) is 0 Å². The summed E-state index contributed by atoms with van der Waals surface area (Å²) in [5.41, 5.74) is 0.830. The summed E-state index contributed by atoms with van der Waals surface area (Å²) in [5.74, 6) is -1.14. The fourth-order valence-corrected chi connectivity index (χ4v) is 2.13. The molecule has 0 aliphatic heterocycles. The second-order valence-corrected chi connectivity index (χ2v) is 5.28. The zero-order valence-electron chi connectivity index (χ0n) is 12.8. The molecule has 1 atom stereocenters. The Hall–Kier alpha value is -2.53. The third kappa shape index (κ3) is 4.47. The number of aliphatic hydroxyl groups is 1. The molecule has 2 N–H and O–H groups in total. The summed E-state index contributed by atoms with van der Waals surface area (Å²) in [6.07, 6.45) is -0.0776. The molecule has 0 aliphatic rings. The summed E-state index contributed by atoms with van der Waals surface area (Å²) >= 11 is 0. The van der Waals surface area contributed by atoms with E-state index in [0.717, 1.165) is 0 Å². The number of halogens is 1. The predicted molar refractivity (Wildman–Crippen MR) is 84.9 cm³/mol. The van der Waals surface area contributed by atoms with Crippen molar-refractivity contribution in [3.8, 4) is 0 Å². The first-order valence-electron chi connectivity index (χ1n) is 7.34. The van der Waals surface area contributed by atoms with E-state index >= 15 is 0 Å². The molecule has 2 rings (SSSR count). The Morgan fingerprint density at radius 1 is 1.09 bits per heavy atom. The van der Waals surface area contributed by atoms with Crippen molar-refractivity contribution in [3.63, 3.8) is 0 Å². The molecule has 2 aromatic carbocycles. The van der Waals surface area contributed by atoms with Gasteiger partial charge in [-0.2, -0.15) is 0 Å². The summed E-state index contributed by atoms with van der Waals surface area (Å²) in [6.45, 7) is 1.95. The smallest absolute Gasteiger partial charge is 0.252 e. The highest BCUT2D eigenvalue weighted by molar-refractivity contribution is 6.15. The molecule has 1 unspecified atom stereocenters. The van der Waals surface area contributed by atoms with Crippen LogP contribution in [0.15, 0.2) is 48.5 Å². The minimum absolute atomic E-state index is 0.257. The second-order valence-electron chi connectivity index (χ2n) is 5.28. The highest BCUT2D eigenvalue weighted by Gasteiger charge is 2.17. The number of benzene rings is 2. The minimum atomic E-state index is -0.508. The van der Waals surface area contributed by atoms with Gasteiger partial charge in [0.2, 0.25) is 0 Å². The van der Waals surface area contributed by atoms with Crippen LogP contribution in [0.5, 0.6) is 0 Å². The Morgan fingerprint density at radius 2 is 1.70 bits per heavy atom. The van der Waals surface area contributed by atoms with Crippen molar-refractivity contribution in [3.05, 3.63) is 71.0 Å². The van der Waals surface area contributed by atoms with Crippen LogP contribution in [0.4, 0.5) is 4.39 Å². The first-order valence-corrected chi connectivity index (χ1v) is 7.34. The molecular weight excluding hydrogens is 297 g/mol. The van der Waals surface area contributed by atoms with Crippen LogP contribution >= 0.6 is 0 Å². The molecule has 0 saturated carbocycles. The van der Waals surface area contributed by atoms with E-state index < -0.39 is 11.9 Å². The van der Waals surface area contributed by atoms with Gasteiger partial charge in [0, 0.05) is 17.7 Å². The van der Waals surface area contributed by atoms with Gasteiger partial charge in [-0.05, 0) is 43.7 Å². The molecule has 4 nitrogen and oxygen atoms in total. The van der Waals surface area contributed by atoms with Gasteiger partial charge >= 0.3 is 0 Å². The van der Waals surface area contributed by atoms with Crippen molar-refractivity contribution in [2.75, 3.05) is 6.54 Å². The maximum atomic E-state index is 13.0. The molecule has 0 radical (unpaired) electrons. The fraction of sp³-hybridized carbons (Fsp3) is 0.222. The third-order valence-electron chi connectivity index (χ3n) is 3.37. The molecule has 0 fully saturated rings. The second kappa shape index (κ2) is 7.65. The topological polar surface area (TPSA) is 66.4 Å². The first-order chi connectivity index (χ1) is 11.0. The van der Waals surface area contributed by atoms with Gasteiger partial charge in [0.1, 0.15) is 5.82 Å². The zero-order chi connectivity index (χ0) is 16.8. The van der Waals surface area contributed by atoms with Gasteiger partial charge in [-0.1, -0.05) is 18.2 Å². The highest BCUT2D eigenvalue weighted by atomic mass is 19.1. The normalized spacial score (nSPS) is 11.8. The van der Waals surface area contributed by atoms with E-state index in [0.29, 0.717) is 18.5 Å². The molecule has 2 aromatic rings. The standard InChI is InChI=1S/C18H18FNO3/c1-12(21)10-11-20-18(23)16-5-3-2-4-15(16)17(22)13-6-8-14(19)9-7-13/h2-9,12,21H,10-11H2,1H3,(H,20,23). The number of hydrogen-bond donors (Lipinski definition) is 2. The molecule has 0 heterocycles. The van der Waals surface area contributed by atoms with Crippen LogP contribution in [0.25, 0.3) is 0 Å². The summed E-state index contributed by atoms with van der Waals surface area (Å²) in [5, 5.41) is 11.9. The maximum Gasteiger partial charge on any atom is 0.252 e. The van der Waals surface area contributed by atoms with Gasteiger partial charge < -0.3 is 10.4 Å². The molecule has 0 saturated heterocycles. The van der Waals surface area contributed by atoms with E-state index in [1.165, 1.54) is 24.3 Å². The van der Waals surface area contributed by atoms with Crippen molar-refractivity contribution in [1.82, 2.24) is 5.32 Å². The largest absolute Gasteiger partial charge is 0.393 e. The molecule has 23 heavy (non-hydrogen) atoms. The Kier molecular flexibility index (Phi) is 5.60. The molecule has 0 aromatic heterocycles.